The van der Waals surface area contributed by atoms with Gasteiger partial charge in [-0.3, -0.25) is 0 Å². The summed E-state index contributed by atoms with van der Waals surface area (Å²) in [6.45, 7) is 2.02. The predicted molar refractivity (Wildman–Crippen MR) is 94.2 cm³/mol. The Morgan fingerprint density at radius 1 is 1.12 bits per heavy atom. The van der Waals surface area contributed by atoms with Crippen LogP contribution in [0, 0.1) is 6.92 Å². The van der Waals surface area contributed by atoms with Crippen molar-refractivity contribution >= 4 is 29.0 Å². The average Bonchev–Trinajstić information content (AvgIpc) is 3.19. The highest BCUT2D eigenvalue weighted by Crippen LogP contribution is 2.27. The Kier molecular flexibility index (Phi) is 4.00. The van der Waals surface area contributed by atoms with E-state index in [0.29, 0.717) is 21.9 Å². The number of fused-ring (bicyclic) bond motifs is 1. The fraction of sp³-hybridized carbons (Fsp3) is 0.118. The lowest BCUT2D eigenvalue weighted by Crippen LogP contribution is -1.81. The van der Waals surface area contributed by atoms with Gasteiger partial charge in [-0.15, -0.1) is 10.2 Å². The average molecular weight is 357 g/mol. The van der Waals surface area contributed by atoms with Crippen molar-refractivity contribution in [2.24, 2.45) is 0 Å². The van der Waals surface area contributed by atoms with E-state index in [1.807, 2.05) is 60.1 Å². The van der Waals surface area contributed by atoms with Gasteiger partial charge in [-0.05, 0) is 30.7 Å². The SMILES string of the molecule is Cc1ccccc1-c1nnc(SCc2cn3cc(Cl)ccc3n2)o1. The smallest absolute Gasteiger partial charge is 0.277 e. The molecule has 0 fully saturated rings. The van der Waals surface area contributed by atoms with Crippen LogP contribution in [0.3, 0.4) is 0 Å². The second kappa shape index (κ2) is 6.30. The zero-order valence-electron chi connectivity index (χ0n) is 12.8. The monoisotopic (exact) mass is 356 g/mol. The van der Waals surface area contributed by atoms with Crippen LogP contribution < -0.4 is 0 Å². The van der Waals surface area contributed by atoms with E-state index in [1.165, 1.54) is 11.8 Å². The summed E-state index contributed by atoms with van der Waals surface area (Å²) in [4.78, 5) is 4.54. The highest BCUT2D eigenvalue weighted by atomic mass is 35.5. The number of thioether (sulfide) groups is 1. The molecule has 5 nitrogen and oxygen atoms in total. The van der Waals surface area contributed by atoms with E-state index < -0.39 is 0 Å². The molecule has 0 N–H and O–H groups in total. The number of hydrogen-bond acceptors (Lipinski definition) is 5. The van der Waals surface area contributed by atoms with Crippen molar-refractivity contribution in [3.05, 3.63) is 65.1 Å². The summed E-state index contributed by atoms with van der Waals surface area (Å²) in [5, 5.41) is 9.45. The Balaban J connectivity index is 1.50. The van der Waals surface area contributed by atoms with Crippen molar-refractivity contribution in [2.75, 3.05) is 0 Å². The van der Waals surface area contributed by atoms with Crippen molar-refractivity contribution in [2.45, 2.75) is 17.9 Å². The Morgan fingerprint density at radius 2 is 2.00 bits per heavy atom. The summed E-state index contributed by atoms with van der Waals surface area (Å²) in [7, 11) is 0. The standard InChI is InChI=1S/C17H13ClN4OS/c1-11-4-2-3-5-14(11)16-20-21-17(23-16)24-10-13-9-22-8-12(18)6-7-15(22)19-13/h2-9H,10H2,1H3. The molecule has 7 heteroatoms. The number of imidazole rings is 1. The number of hydrogen-bond donors (Lipinski definition) is 0. The molecule has 0 atom stereocenters. The van der Waals surface area contributed by atoms with E-state index in [0.717, 1.165) is 22.5 Å². The summed E-state index contributed by atoms with van der Waals surface area (Å²) in [5.41, 5.74) is 3.85. The highest BCUT2D eigenvalue weighted by Gasteiger charge is 2.12. The molecule has 0 bridgehead atoms. The molecule has 0 spiro atoms. The Hall–Kier alpha value is -2.31. The zero-order valence-corrected chi connectivity index (χ0v) is 14.4. The summed E-state index contributed by atoms with van der Waals surface area (Å²) < 4.78 is 7.66. The van der Waals surface area contributed by atoms with Gasteiger partial charge in [-0.2, -0.15) is 0 Å². The van der Waals surface area contributed by atoms with Crippen LogP contribution in [0.25, 0.3) is 17.1 Å². The molecule has 24 heavy (non-hydrogen) atoms. The highest BCUT2D eigenvalue weighted by molar-refractivity contribution is 7.98. The van der Waals surface area contributed by atoms with Crippen LogP contribution in [0.15, 0.2) is 58.4 Å². The Bertz CT molecular complexity index is 1010. The maximum absolute atomic E-state index is 5.99. The predicted octanol–water partition coefficient (Wildman–Crippen LogP) is 4.64. The minimum absolute atomic E-state index is 0.531. The molecule has 4 aromatic rings. The lowest BCUT2D eigenvalue weighted by molar-refractivity contribution is 0.465. The molecule has 120 valence electrons. The lowest BCUT2D eigenvalue weighted by Gasteiger charge is -1.98. The fourth-order valence-corrected chi connectivity index (χ4v) is 3.23. The van der Waals surface area contributed by atoms with Crippen molar-refractivity contribution in [1.29, 1.82) is 0 Å². The van der Waals surface area contributed by atoms with Crippen molar-refractivity contribution < 1.29 is 4.42 Å². The molecular weight excluding hydrogens is 344 g/mol. The number of aromatic nitrogens is 4. The first kappa shape index (κ1) is 15.2. The van der Waals surface area contributed by atoms with E-state index in [1.54, 1.807) is 0 Å². The molecule has 3 aromatic heterocycles. The molecule has 0 amide bonds. The van der Waals surface area contributed by atoms with Gasteiger partial charge in [0.1, 0.15) is 5.65 Å². The largest absolute Gasteiger partial charge is 0.411 e. The van der Waals surface area contributed by atoms with Crippen molar-refractivity contribution in [1.82, 2.24) is 19.6 Å². The molecule has 0 unspecified atom stereocenters. The minimum Gasteiger partial charge on any atom is -0.411 e. The van der Waals surface area contributed by atoms with Crippen molar-refractivity contribution in [3.63, 3.8) is 0 Å². The van der Waals surface area contributed by atoms with Crippen LogP contribution in [0.1, 0.15) is 11.3 Å². The molecule has 0 aliphatic rings. The molecule has 0 saturated heterocycles. The van der Waals surface area contributed by atoms with Gasteiger partial charge in [0.05, 0.1) is 10.7 Å². The Labute approximate surface area is 147 Å². The summed E-state index contributed by atoms with van der Waals surface area (Å²) >= 11 is 7.45. The molecule has 0 radical (unpaired) electrons. The number of pyridine rings is 1. The maximum Gasteiger partial charge on any atom is 0.277 e. The van der Waals surface area contributed by atoms with Crippen LogP contribution in [0.5, 0.6) is 0 Å². The number of rotatable bonds is 4. The van der Waals surface area contributed by atoms with E-state index in [4.69, 9.17) is 16.0 Å². The molecule has 0 saturated carbocycles. The third kappa shape index (κ3) is 3.02. The first-order valence-corrected chi connectivity index (χ1v) is 8.71. The Morgan fingerprint density at radius 3 is 2.88 bits per heavy atom. The van der Waals surface area contributed by atoms with Crippen LogP contribution in [-0.2, 0) is 5.75 Å². The second-order valence-corrected chi connectivity index (χ2v) is 6.68. The lowest BCUT2D eigenvalue weighted by atomic mass is 10.1. The van der Waals surface area contributed by atoms with Gasteiger partial charge in [0.2, 0.25) is 5.89 Å². The molecule has 3 heterocycles. The van der Waals surface area contributed by atoms with Gasteiger partial charge >= 0.3 is 0 Å². The zero-order chi connectivity index (χ0) is 16.5. The van der Waals surface area contributed by atoms with E-state index in [-0.39, 0.29) is 0 Å². The number of aryl methyl sites for hydroxylation is 1. The number of halogens is 1. The van der Waals surface area contributed by atoms with Crippen molar-refractivity contribution in [3.8, 4) is 11.5 Å². The van der Waals surface area contributed by atoms with Gasteiger partial charge in [0.25, 0.3) is 5.22 Å². The number of nitrogens with zero attached hydrogens (tertiary/aromatic N) is 4. The maximum atomic E-state index is 5.99. The van der Waals surface area contributed by atoms with Crippen LogP contribution >= 0.6 is 23.4 Å². The van der Waals surface area contributed by atoms with Gasteiger partial charge in [-0.25, -0.2) is 4.98 Å². The molecule has 0 aliphatic heterocycles. The van der Waals surface area contributed by atoms with Crippen LogP contribution in [-0.4, -0.2) is 19.6 Å². The van der Waals surface area contributed by atoms with E-state index in [9.17, 15) is 0 Å². The van der Waals surface area contributed by atoms with Crippen LogP contribution in [0.4, 0.5) is 0 Å². The third-order valence-electron chi connectivity index (χ3n) is 3.59. The van der Waals surface area contributed by atoms with E-state index in [2.05, 4.69) is 15.2 Å². The van der Waals surface area contributed by atoms with Gasteiger partial charge in [0.15, 0.2) is 0 Å². The molecule has 4 rings (SSSR count). The third-order valence-corrected chi connectivity index (χ3v) is 4.67. The van der Waals surface area contributed by atoms with Gasteiger partial charge in [-0.1, -0.05) is 41.6 Å². The first-order chi connectivity index (χ1) is 11.7. The topological polar surface area (TPSA) is 56.2 Å². The van der Waals surface area contributed by atoms with E-state index >= 15 is 0 Å². The van der Waals surface area contributed by atoms with Gasteiger partial charge in [0, 0.05) is 23.7 Å². The molecule has 1 aromatic carbocycles. The first-order valence-electron chi connectivity index (χ1n) is 7.34. The molecular formula is C17H13ClN4OS. The fourth-order valence-electron chi connectivity index (χ4n) is 2.41. The molecule has 0 aliphatic carbocycles. The second-order valence-electron chi connectivity index (χ2n) is 5.32. The quantitative estimate of drug-likeness (QED) is 0.498. The summed E-state index contributed by atoms with van der Waals surface area (Å²) in [6.07, 6.45) is 3.79. The van der Waals surface area contributed by atoms with Crippen LogP contribution in [0.2, 0.25) is 5.02 Å². The minimum atomic E-state index is 0.531. The summed E-state index contributed by atoms with van der Waals surface area (Å²) in [5.74, 6) is 1.19. The normalized spacial score (nSPS) is 11.2. The number of benzene rings is 1. The summed E-state index contributed by atoms with van der Waals surface area (Å²) in [6, 6.07) is 11.7. The van der Waals surface area contributed by atoms with Gasteiger partial charge < -0.3 is 8.82 Å².